The van der Waals surface area contributed by atoms with Crippen molar-refractivity contribution in [1.82, 2.24) is 15.0 Å². The van der Waals surface area contributed by atoms with Crippen LogP contribution in [-0.2, 0) is 13.0 Å². The van der Waals surface area contributed by atoms with Crippen LogP contribution in [0.1, 0.15) is 44.3 Å². The number of aromatic nitrogens is 2. The Morgan fingerprint density at radius 1 is 1.44 bits per heavy atom. The fraction of sp³-hybridized carbons (Fsp3) is 0.846. The van der Waals surface area contributed by atoms with Crippen molar-refractivity contribution >= 4 is 0 Å². The van der Waals surface area contributed by atoms with Gasteiger partial charge in [0.2, 0.25) is 5.89 Å². The first kappa shape index (κ1) is 13.5. The number of hydrogen-bond acceptors (Lipinski definition) is 5. The third-order valence-electron chi connectivity index (χ3n) is 3.55. The van der Waals surface area contributed by atoms with E-state index in [0.29, 0.717) is 12.5 Å². The lowest BCUT2D eigenvalue weighted by atomic mass is 10.1. The zero-order valence-corrected chi connectivity index (χ0v) is 11.3. The molecule has 5 nitrogen and oxygen atoms in total. The van der Waals surface area contributed by atoms with Crippen LogP contribution in [0.15, 0.2) is 4.52 Å². The summed E-state index contributed by atoms with van der Waals surface area (Å²) < 4.78 is 5.16. The van der Waals surface area contributed by atoms with E-state index in [-0.39, 0.29) is 6.10 Å². The number of rotatable bonds is 6. The normalized spacial score (nSPS) is 24.0. The molecule has 1 aliphatic rings. The molecule has 2 atom stereocenters. The Morgan fingerprint density at radius 2 is 2.28 bits per heavy atom. The molecule has 1 saturated carbocycles. The van der Waals surface area contributed by atoms with Crippen LogP contribution in [0.5, 0.6) is 0 Å². The first-order valence-electron chi connectivity index (χ1n) is 6.87. The van der Waals surface area contributed by atoms with Gasteiger partial charge in [-0.05, 0) is 32.2 Å². The summed E-state index contributed by atoms with van der Waals surface area (Å²) in [5, 5.41) is 13.8. The lowest BCUT2D eigenvalue weighted by molar-refractivity contribution is 0.107. The molecule has 1 aromatic heterocycles. The molecule has 1 fully saturated rings. The summed E-state index contributed by atoms with van der Waals surface area (Å²) >= 11 is 0. The maximum absolute atomic E-state index is 9.80. The highest BCUT2D eigenvalue weighted by molar-refractivity contribution is 4.87. The minimum absolute atomic E-state index is 0.131. The van der Waals surface area contributed by atoms with Gasteiger partial charge in [-0.3, -0.25) is 4.90 Å². The lowest BCUT2D eigenvalue weighted by Crippen LogP contribution is -2.29. The van der Waals surface area contributed by atoms with E-state index in [1.165, 1.54) is 0 Å². The van der Waals surface area contributed by atoms with E-state index in [1.807, 2.05) is 7.05 Å². The number of aliphatic hydroxyl groups is 1. The highest BCUT2D eigenvalue weighted by Gasteiger charge is 2.26. The molecule has 0 aliphatic heterocycles. The molecule has 1 aliphatic carbocycles. The second kappa shape index (κ2) is 6.29. The molecule has 0 amide bonds. The van der Waals surface area contributed by atoms with Crippen molar-refractivity contribution in [2.24, 2.45) is 5.92 Å². The van der Waals surface area contributed by atoms with Gasteiger partial charge >= 0.3 is 0 Å². The van der Waals surface area contributed by atoms with Crippen molar-refractivity contribution in [3.8, 4) is 0 Å². The third kappa shape index (κ3) is 3.53. The Balaban J connectivity index is 1.80. The van der Waals surface area contributed by atoms with E-state index in [4.69, 9.17) is 4.52 Å². The van der Waals surface area contributed by atoms with Crippen LogP contribution in [0.3, 0.4) is 0 Å². The molecule has 0 radical (unpaired) electrons. The van der Waals surface area contributed by atoms with Crippen LogP contribution in [-0.4, -0.2) is 39.8 Å². The molecule has 2 unspecified atom stereocenters. The van der Waals surface area contributed by atoms with Crippen molar-refractivity contribution in [2.75, 3.05) is 13.6 Å². The standard InChI is InChI=1S/C13H23N3O2/c1-3-5-13-14-12(15-18-13)9-16(2)8-10-6-4-7-11(10)17/h10-11,17H,3-9H2,1-2H3. The molecular weight excluding hydrogens is 230 g/mol. The molecular formula is C13H23N3O2. The van der Waals surface area contributed by atoms with Gasteiger partial charge in [-0.25, -0.2) is 0 Å². The number of aryl methyl sites for hydroxylation is 1. The Hall–Kier alpha value is -0.940. The maximum atomic E-state index is 9.80. The third-order valence-corrected chi connectivity index (χ3v) is 3.55. The second-order valence-electron chi connectivity index (χ2n) is 5.31. The second-order valence-corrected chi connectivity index (χ2v) is 5.31. The summed E-state index contributed by atoms with van der Waals surface area (Å²) in [5.74, 6) is 1.87. The van der Waals surface area contributed by atoms with Gasteiger partial charge in [0.15, 0.2) is 5.82 Å². The van der Waals surface area contributed by atoms with Gasteiger partial charge in [-0.1, -0.05) is 18.5 Å². The topological polar surface area (TPSA) is 62.4 Å². The summed E-state index contributed by atoms with van der Waals surface area (Å²) in [7, 11) is 2.04. The predicted octanol–water partition coefficient (Wildman–Crippen LogP) is 1.61. The zero-order valence-electron chi connectivity index (χ0n) is 11.3. The summed E-state index contributed by atoms with van der Waals surface area (Å²) in [6, 6.07) is 0. The van der Waals surface area contributed by atoms with Gasteiger partial charge in [0.05, 0.1) is 12.6 Å². The zero-order chi connectivity index (χ0) is 13.0. The van der Waals surface area contributed by atoms with E-state index >= 15 is 0 Å². The highest BCUT2D eigenvalue weighted by Crippen LogP contribution is 2.26. The molecule has 102 valence electrons. The van der Waals surface area contributed by atoms with Crippen LogP contribution in [0.25, 0.3) is 0 Å². The van der Waals surface area contributed by atoms with Gasteiger partial charge in [0.25, 0.3) is 0 Å². The van der Waals surface area contributed by atoms with Crippen molar-refractivity contribution in [3.63, 3.8) is 0 Å². The molecule has 1 N–H and O–H groups in total. The van der Waals surface area contributed by atoms with Gasteiger partial charge in [-0.15, -0.1) is 0 Å². The van der Waals surface area contributed by atoms with Crippen molar-refractivity contribution in [3.05, 3.63) is 11.7 Å². The van der Waals surface area contributed by atoms with E-state index in [1.54, 1.807) is 0 Å². The Kier molecular flexibility index (Phi) is 4.72. The number of hydrogen-bond donors (Lipinski definition) is 1. The first-order chi connectivity index (χ1) is 8.69. The molecule has 0 spiro atoms. The Bertz CT molecular complexity index is 367. The minimum Gasteiger partial charge on any atom is -0.393 e. The molecule has 5 heteroatoms. The Labute approximate surface area is 108 Å². The molecule has 0 saturated heterocycles. The molecule has 0 bridgehead atoms. The number of nitrogens with zero attached hydrogens (tertiary/aromatic N) is 3. The van der Waals surface area contributed by atoms with E-state index in [9.17, 15) is 5.11 Å². The molecule has 1 aromatic rings. The molecule has 2 rings (SSSR count). The fourth-order valence-corrected chi connectivity index (χ4v) is 2.61. The minimum atomic E-state index is -0.131. The van der Waals surface area contributed by atoms with Crippen LogP contribution in [0.2, 0.25) is 0 Å². The van der Waals surface area contributed by atoms with Crippen LogP contribution >= 0.6 is 0 Å². The quantitative estimate of drug-likeness (QED) is 0.834. The van der Waals surface area contributed by atoms with Crippen molar-refractivity contribution in [2.45, 2.75) is 51.7 Å². The van der Waals surface area contributed by atoms with E-state index in [0.717, 1.165) is 50.4 Å². The van der Waals surface area contributed by atoms with E-state index in [2.05, 4.69) is 22.0 Å². The molecule has 1 heterocycles. The fourth-order valence-electron chi connectivity index (χ4n) is 2.61. The smallest absolute Gasteiger partial charge is 0.226 e. The lowest BCUT2D eigenvalue weighted by Gasteiger charge is -2.21. The van der Waals surface area contributed by atoms with E-state index < -0.39 is 0 Å². The van der Waals surface area contributed by atoms with Gasteiger partial charge < -0.3 is 9.63 Å². The SMILES string of the molecule is CCCc1nc(CN(C)CC2CCCC2O)no1. The van der Waals surface area contributed by atoms with Crippen molar-refractivity contribution < 1.29 is 9.63 Å². The van der Waals surface area contributed by atoms with Crippen molar-refractivity contribution in [1.29, 1.82) is 0 Å². The predicted molar refractivity (Wildman–Crippen MR) is 68.0 cm³/mol. The average molecular weight is 253 g/mol. The summed E-state index contributed by atoms with van der Waals surface area (Å²) in [6.07, 6.45) is 4.94. The monoisotopic (exact) mass is 253 g/mol. The summed E-state index contributed by atoms with van der Waals surface area (Å²) in [5.41, 5.74) is 0. The van der Waals surface area contributed by atoms with Crippen LogP contribution in [0, 0.1) is 5.92 Å². The van der Waals surface area contributed by atoms with Gasteiger partial charge in [-0.2, -0.15) is 4.98 Å². The number of aliphatic hydroxyl groups excluding tert-OH is 1. The van der Waals surface area contributed by atoms with Crippen LogP contribution in [0.4, 0.5) is 0 Å². The van der Waals surface area contributed by atoms with Gasteiger partial charge in [0.1, 0.15) is 0 Å². The summed E-state index contributed by atoms with van der Waals surface area (Å²) in [4.78, 5) is 6.52. The maximum Gasteiger partial charge on any atom is 0.226 e. The Morgan fingerprint density at radius 3 is 2.94 bits per heavy atom. The molecule has 18 heavy (non-hydrogen) atoms. The highest BCUT2D eigenvalue weighted by atomic mass is 16.5. The summed E-state index contributed by atoms with van der Waals surface area (Å²) in [6.45, 7) is 3.69. The largest absolute Gasteiger partial charge is 0.393 e. The molecule has 0 aromatic carbocycles. The first-order valence-corrected chi connectivity index (χ1v) is 6.87. The van der Waals surface area contributed by atoms with Crippen LogP contribution < -0.4 is 0 Å². The van der Waals surface area contributed by atoms with Gasteiger partial charge in [0, 0.05) is 13.0 Å². The average Bonchev–Trinajstić information content (AvgIpc) is 2.90.